The van der Waals surface area contributed by atoms with E-state index < -0.39 is 0 Å². The number of rotatable bonds is 6. The zero-order valence-corrected chi connectivity index (χ0v) is 11.2. The number of nitrogens with one attached hydrogen (secondary N) is 1. The van der Waals surface area contributed by atoms with Crippen molar-refractivity contribution in [3.8, 4) is 0 Å². The van der Waals surface area contributed by atoms with Gasteiger partial charge in [-0.25, -0.2) is 0 Å². The van der Waals surface area contributed by atoms with Gasteiger partial charge in [-0.3, -0.25) is 4.68 Å². The second-order valence-electron chi connectivity index (χ2n) is 5.02. The fraction of sp³-hybridized carbons (Fsp3) is 0.769. The molecule has 1 rings (SSSR count). The third kappa shape index (κ3) is 3.63. The maximum absolute atomic E-state index is 4.53. The van der Waals surface area contributed by atoms with E-state index >= 15 is 0 Å². The van der Waals surface area contributed by atoms with Crippen molar-refractivity contribution in [1.29, 1.82) is 0 Å². The predicted molar refractivity (Wildman–Crippen MR) is 68.4 cm³/mol. The van der Waals surface area contributed by atoms with Gasteiger partial charge in [0.15, 0.2) is 0 Å². The lowest BCUT2D eigenvalue weighted by molar-refractivity contribution is 0.384. The zero-order valence-electron chi connectivity index (χ0n) is 11.2. The Labute approximate surface area is 99.2 Å². The molecule has 3 heteroatoms. The molecule has 0 fully saturated rings. The third-order valence-corrected chi connectivity index (χ3v) is 2.98. The Morgan fingerprint density at radius 3 is 2.44 bits per heavy atom. The molecule has 0 aliphatic heterocycles. The van der Waals surface area contributed by atoms with Gasteiger partial charge in [-0.15, -0.1) is 0 Å². The van der Waals surface area contributed by atoms with E-state index in [1.807, 2.05) is 4.68 Å². The SMILES string of the molecule is CCC(NCc1ccn(C(C)C)n1)C(C)C. The molecular formula is C13H25N3. The lowest BCUT2D eigenvalue weighted by Gasteiger charge is -2.20. The molecule has 0 aromatic carbocycles. The lowest BCUT2D eigenvalue weighted by atomic mass is 10.0. The third-order valence-electron chi connectivity index (χ3n) is 2.98. The number of aromatic nitrogens is 2. The molecule has 16 heavy (non-hydrogen) atoms. The topological polar surface area (TPSA) is 29.9 Å². The van der Waals surface area contributed by atoms with E-state index in [9.17, 15) is 0 Å². The fourth-order valence-corrected chi connectivity index (χ4v) is 1.85. The highest BCUT2D eigenvalue weighted by molar-refractivity contribution is 4.99. The molecular weight excluding hydrogens is 198 g/mol. The molecule has 3 nitrogen and oxygen atoms in total. The Hall–Kier alpha value is -0.830. The highest BCUT2D eigenvalue weighted by atomic mass is 15.3. The molecule has 0 radical (unpaired) electrons. The van der Waals surface area contributed by atoms with Crippen LogP contribution < -0.4 is 5.32 Å². The lowest BCUT2D eigenvalue weighted by Crippen LogP contribution is -2.32. The van der Waals surface area contributed by atoms with Gasteiger partial charge in [0.1, 0.15) is 0 Å². The highest BCUT2D eigenvalue weighted by Crippen LogP contribution is 2.08. The molecule has 0 saturated heterocycles. The van der Waals surface area contributed by atoms with Gasteiger partial charge in [0, 0.05) is 24.8 Å². The molecule has 0 bridgehead atoms. The molecule has 1 atom stereocenters. The predicted octanol–water partition coefficient (Wildman–Crippen LogP) is 2.99. The summed E-state index contributed by atoms with van der Waals surface area (Å²) in [6.07, 6.45) is 3.22. The summed E-state index contributed by atoms with van der Waals surface area (Å²) < 4.78 is 2.01. The van der Waals surface area contributed by atoms with E-state index in [0.717, 1.165) is 12.2 Å². The second-order valence-corrected chi connectivity index (χ2v) is 5.02. The monoisotopic (exact) mass is 223 g/mol. The van der Waals surface area contributed by atoms with Crippen molar-refractivity contribution in [3.05, 3.63) is 18.0 Å². The van der Waals surface area contributed by atoms with Crippen molar-refractivity contribution in [2.45, 2.75) is 59.7 Å². The first-order chi connectivity index (χ1) is 7.54. The van der Waals surface area contributed by atoms with Crippen molar-refractivity contribution in [2.75, 3.05) is 0 Å². The first kappa shape index (κ1) is 13.2. The van der Waals surface area contributed by atoms with Crippen LogP contribution in [0.4, 0.5) is 0 Å². The van der Waals surface area contributed by atoms with Crippen LogP contribution in [0.5, 0.6) is 0 Å². The van der Waals surface area contributed by atoms with Crippen molar-refractivity contribution in [1.82, 2.24) is 15.1 Å². The highest BCUT2D eigenvalue weighted by Gasteiger charge is 2.10. The molecule has 1 aromatic rings. The van der Waals surface area contributed by atoms with E-state index in [-0.39, 0.29) is 0 Å². The molecule has 1 heterocycles. The van der Waals surface area contributed by atoms with Gasteiger partial charge in [0.2, 0.25) is 0 Å². The summed E-state index contributed by atoms with van der Waals surface area (Å²) in [5.41, 5.74) is 1.13. The average Bonchev–Trinajstić information content (AvgIpc) is 2.67. The van der Waals surface area contributed by atoms with Crippen LogP contribution >= 0.6 is 0 Å². The first-order valence-electron chi connectivity index (χ1n) is 6.32. The minimum atomic E-state index is 0.445. The van der Waals surface area contributed by atoms with Crippen molar-refractivity contribution >= 4 is 0 Å². The van der Waals surface area contributed by atoms with Crippen LogP contribution in [-0.2, 0) is 6.54 Å². The fourth-order valence-electron chi connectivity index (χ4n) is 1.85. The van der Waals surface area contributed by atoms with Gasteiger partial charge in [-0.05, 0) is 32.3 Å². The van der Waals surface area contributed by atoms with Crippen molar-refractivity contribution in [2.24, 2.45) is 5.92 Å². The van der Waals surface area contributed by atoms with Gasteiger partial charge in [0.05, 0.1) is 5.69 Å². The molecule has 1 N–H and O–H groups in total. The van der Waals surface area contributed by atoms with Crippen LogP contribution in [0, 0.1) is 5.92 Å². The van der Waals surface area contributed by atoms with Crippen molar-refractivity contribution < 1.29 is 0 Å². The average molecular weight is 223 g/mol. The maximum Gasteiger partial charge on any atom is 0.0762 e. The summed E-state index contributed by atoms with van der Waals surface area (Å²) >= 11 is 0. The Balaban J connectivity index is 2.47. The van der Waals surface area contributed by atoms with Gasteiger partial charge in [-0.2, -0.15) is 5.10 Å². The zero-order chi connectivity index (χ0) is 12.1. The van der Waals surface area contributed by atoms with E-state index in [4.69, 9.17) is 0 Å². The smallest absolute Gasteiger partial charge is 0.0762 e. The first-order valence-corrected chi connectivity index (χ1v) is 6.32. The van der Waals surface area contributed by atoms with Gasteiger partial charge >= 0.3 is 0 Å². The Morgan fingerprint density at radius 2 is 2.00 bits per heavy atom. The Bertz CT molecular complexity index is 302. The summed E-state index contributed by atoms with van der Waals surface area (Å²) in [4.78, 5) is 0. The molecule has 0 aliphatic carbocycles. The number of hydrogen-bond donors (Lipinski definition) is 1. The summed E-state index contributed by atoms with van der Waals surface area (Å²) in [6, 6.07) is 3.13. The molecule has 0 saturated carbocycles. The largest absolute Gasteiger partial charge is 0.308 e. The molecule has 0 amide bonds. The van der Waals surface area contributed by atoms with Crippen LogP contribution in [0.1, 0.15) is 52.8 Å². The van der Waals surface area contributed by atoms with Crippen LogP contribution in [0.15, 0.2) is 12.3 Å². The van der Waals surface area contributed by atoms with Crippen molar-refractivity contribution in [3.63, 3.8) is 0 Å². The van der Waals surface area contributed by atoms with Crippen LogP contribution in [0.25, 0.3) is 0 Å². The van der Waals surface area contributed by atoms with Gasteiger partial charge < -0.3 is 5.32 Å². The van der Waals surface area contributed by atoms with Crippen LogP contribution in [-0.4, -0.2) is 15.8 Å². The molecule has 92 valence electrons. The molecule has 0 spiro atoms. The summed E-state index contributed by atoms with van der Waals surface area (Å²) in [6.45, 7) is 11.9. The molecule has 1 aromatic heterocycles. The second kappa shape index (κ2) is 6.04. The summed E-state index contributed by atoms with van der Waals surface area (Å²) in [5, 5.41) is 8.09. The van der Waals surface area contributed by atoms with Gasteiger partial charge in [-0.1, -0.05) is 20.8 Å². The molecule has 1 unspecified atom stereocenters. The summed E-state index contributed by atoms with van der Waals surface area (Å²) in [7, 11) is 0. The quantitative estimate of drug-likeness (QED) is 0.803. The van der Waals surface area contributed by atoms with E-state index in [2.05, 4.69) is 57.3 Å². The number of hydrogen-bond acceptors (Lipinski definition) is 2. The molecule has 0 aliphatic rings. The normalized spacial score (nSPS) is 13.7. The number of nitrogens with zero attached hydrogens (tertiary/aromatic N) is 2. The summed E-state index contributed by atoms with van der Waals surface area (Å²) in [5.74, 6) is 0.678. The van der Waals surface area contributed by atoms with Gasteiger partial charge in [0.25, 0.3) is 0 Å². The maximum atomic E-state index is 4.53. The van der Waals surface area contributed by atoms with Crippen LogP contribution in [0.2, 0.25) is 0 Å². The van der Waals surface area contributed by atoms with E-state index in [1.165, 1.54) is 6.42 Å². The minimum Gasteiger partial charge on any atom is -0.308 e. The van der Waals surface area contributed by atoms with E-state index in [0.29, 0.717) is 18.0 Å². The minimum absolute atomic E-state index is 0.445. The standard InChI is InChI=1S/C13H25N3/c1-6-13(10(2)3)14-9-12-7-8-16(15-12)11(4)5/h7-8,10-11,13-14H,6,9H2,1-5H3. The van der Waals surface area contributed by atoms with E-state index in [1.54, 1.807) is 0 Å². The van der Waals surface area contributed by atoms with Crippen LogP contribution in [0.3, 0.4) is 0 Å². The Kier molecular flexibility index (Phi) is 5.00. The Morgan fingerprint density at radius 1 is 1.31 bits per heavy atom.